The minimum atomic E-state index is -2.75. The highest BCUT2D eigenvalue weighted by Crippen LogP contribution is 2.28. The lowest BCUT2D eigenvalue weighted by Gasteiger charge is -2.04. The number of rotatable bonds is 4. The monoisotopic (exact) mass is 445 g/mol. The molecule has 0 fully saturated rings. The van der Waals surface area contributed by atoms with Gasteiger partial charge in [-0.2, -0.15) is 10.2 Å². The SMILES string of the molecule is Cc1cc(C(F)F)n(-c2cc(N)[nH]c3c(ccn2)c(-c2ccc(C(F)F)cc2)nn3C)n1. The first-order valence-electron chi connectivity index (χ1n) is 9.53. The van der Waals surface area contributed by atoms with Crippen molar-refractivity contribution in [2.45, 2.75) is 19.8 Å². The van der Waals surface area contributed by atoms with Gasteiger partial charge >= 0.3 is 0 Å². The van der Waals surface area contributed by atoms with Crippen molar-refractivity contribution in [1.29, 1.82) is 0 Å². The van der Waals surface area contributed by atoms with E-state index in [0.29, 0.717) is 28.0 Å². The van der Waals surface area contributed by atoms with Crippen LogP contribution in [0.5, 0.6) is 0 Å². The third-order valence-electron chi connectivity index (χ3n) is 4.81. The summed E-state index contributed by atoms with van der Waals surface area (Å²) in [5, 5.41) is 9.17. The summed E-state index contributed by atoms with van der Waals surface area (Å²) in [4.78, 5) is 7.28. The molecule has 0 amide bonds. The van der Waals surface area contributed by atoms with E-state index in [-0.39, 0.29) is 22.9 Å². The molecule has 0 atom stereocenters. The number of aryl methyl sites for hydroxylation is 2. The normalized spacial score (nSPS) is 11.5. The lowest BCUT2D eigenvalue weighted by Crippen LogP contribution is -2.04. The molecule has 166 valence electrons. The van der Waals surface area contributed by atoms with Crippen LogP contribution in [-0.2, 0) is 7.05 Å². The first-order valence-corrected chi connectivity index (χ1v) is 9.53. The van der Waals surface area contributed by atoms with Crippen molar-refractivity contribution in [2.75, 3.05) is 5.73 Å². The predicted molar refractivity (Wildman–Crippen MR) is 112 cm³/mol. The van der Waals surface area contributed by atoms with Crippen LogP contribution >= 0.6 is 0 Å². The Kier molecular flexibility index (Phi) is 5.56. The maximum atomic E-state index is 13.4. The van der Waals surface area contributed by atoms with E-state index in [9.17, 15) is 17.6 Å². The van der Waals surface area contributed by atoms with Gasteiger partial charge in [0.15, 0.2) is 5.82 Å². The molecule has 0 bridgehead atoms. The second-order valence-corrected chi connectivity index (χ2v) is 7.11. The van der Waals surface area contributed by atoms with E-state index in [1.807, 2.05) is 0 Å². The van der Waals surface area contributed by atoms with Gasteiger partial charge in [0.2, 0.25) is 0 Å². The smallest absolute Gasteiger partial charge is 0.280 e. The van der Waals surface area contributed by atoms with Crippen LogP contribution in [0.1, 0.15) is 29.8 Å². The number of H-pyrrole nitrogens is 1. The first-order chi connectivity index (χ1) is 15.2. The number of nitrogens with one attached hydrogen (secondary N) is 1. The van der Waals surface area contributed by atoms with Crippen LogP contribution in [0.2, 0.25) is 0 Å². The van der Waals surface area contributed by atoms with E-state index >= 15 is 0 Å². The van der Waals surface area contributed by atoms with Crippen molar-refractivity contribution in [3.05, 3.63) is 65.6 Å². The van der Waals surface area contributed by atoms with Gasteiger partial charge in [0.1, 0.15) is 22.9 Å². The van der Waals surface area contributed by atoms with Gasteiger partial charge in [-0.3, -0.25) is 4.68 Å². The Morgan fingerprint density at radius 1 is 0.969 bits per heavy atom. The Hall–Kier alpha value is -3.89. The highest BCUT2D eigenvalue weighted by molar-refractivity contribution is 5.90. The second kappa shape index (κ2) is 8.33. The summed E-state index contributed by atoms with van der Waals surface area (Å²) in [5.41, 5.74) is 7.77. The molecule has 0 aliphatic heterocycles. The Balaban J connectivity index is 1.91. The second-order valence-electron chi connectivity index (χ2n) is 7.11. The molecule has 11 heteroatoms. The van der Waals surface area contributed by atoms with Crippen molar-refractivity contribution in [2.24, 2.45) is 7.05 Å². The molecule has 0 unspecified atom stereocenters. The molecule has 0 radical (unpaired) electrons. The summed E-state index contributed by atoms with van der Waals surface area (Å²) in [5.74, 6) is 0.225. The van der Waals surface area contributed by atoms with Gasteiger partial charge in [0.25, 0.3) is 12.9 Å². The van der Waals surface area contributed by atoms with E-state index in [1.54, 1.807) is 36.9 Å². The van der Waals surface area contributed by atoms with Crippen LogP contribution in [0, 0.1) is 6.92 Å². The fraction of sp³-hybridized carbons (Fsp3) is 0.190. The number of hydrogen-bond acceptors (Lipinski definition) is 4. The summed E-state index contributed by atoms with van der Waals surface area (Å²) in [6.07, 6.45) is -3.89. The lowest BCUT2D eigenvalue weighted by molar-refractivity contribution is 0.142. The number of hydrogen-bond donors (Lipinski definition) is 2. The number of benzene rings is 1. The average molecular weight is 445 g/mol. The van der Waals surface area contributed by atoms with Crippen molar-refractivity contribution >= 4 is 16.9 Å². The molecular weight excluding hydrogens is 426 g/mol. The van der Waals surface area contributed by atoms with Crippen molar-refractivity contribution < 1.29 is 17.6 Å². The lowest BCUT2D eigenvalue weighted by atomic mass is 10.1. The van der Waals surface area contributed by atoms with Crippen molar-refractivity contribution in [3.63, 3.8) is 0 Å². The predicted octanol–water partition coefficient (Wildman–Crippen LogP) is 5.04. The molecule has 3 heterocycles. The summed E-state index contributed by atoms with van der Waals surface area (Å²) >= 11 is 0. The number of anilines is 1. The average Bonchev–Trinajstić information content (AvgIpc) is 3.29. The molecule has 4 rings (SSSR count). The van der Waals surface area contributed by atoms with Gasteiger partial charge in [0, 0.05) is 35.8 Å². The quantitative estimate of drug-likeness (QED) is 0.431. The highest BCUT2D eigenvalue weighted by Gasteiger charge is 2.17. The molecule has 0 aliphatic carbocycles. The summed E-state index contributed by atoms with van der Waals surface area (Å²) in [7, 11) is 1.69. The van der Waals surface area contributed by atoms with Gasteiger partial charge in [-0.25, -0.2) is 27.2 Å². The minimum Gasteiger partial charge on any atom is -0.385 e. The van der Waals surface area contributed by atoms with Gasteiger partial charge in [-0.1, -0.05) is 24.3 Å². The Labute approximate surface area is 179 Å². The van der Waals surface area contributed by atoms with Crippen LogP contribution in [-0.4, -0.2) is 29.5 Å². The Bertz CT molecular complexity index is 1320. The van der Waals surface area contributed by atoms with Crippen LogP contribution in [0.15, 0.2) is 48.7 Å². The number of aromatic nitrogens is 6. The minimum absolute atomic E-state index is 0.0937. The Morgan fingerprint density at radius 2 is 1.69 bits per heavy atom. The zero-order chi connectivity index (χ0) is 23.0. The molecule has 3 N–H and O–H groups in total. The number of nitrogens with two attached hydrogens (primary N) is 1. The molecular formula is C21H19F4N7. The molecule has 1 aromatic carbocycles. The molecule has 3 aromatic heterocycles. The van der Waals surface area contributed by atoms with E-state index in [1.165, 1.54) is 30.5 Å². The third kappa shape index (κ3) is 4.01. The molecule has 0 aliphatic rings. The summed E-state index contributed by atoms with van der Waals surface area (Å²) < 4.78 is 55.2. The zero-order valence-electron chi connectivity index (χ0n) is 17.1. The number of nitrogens with zero attached hydrogens (tertiary/aromatic N) is 5. The fourth-order valence-corrected chi connectivity index (χ4v) is 3.36. The van der Waals surface area contributed by atoms with Crippen molar-refractivity contribution in [3.8, 4) is 17.1 Å². The van der Waals surface area contributed by atoms with Gasteiger partial charge in [-0.15, -0.1) is 0 Å². The van der Waals surface area contributed by atoms with Crippen LogP contribution in [0.25, 0.3) is 28.1 Å². The molecule has 32 heavy (non-hydrogen) atoms. The number of halogens is 4. The Morgan fingerprint density at radius 3 is 2.34 bits per heavy atom. The number of aromatic amines is 1. The van der Waals surface area contributed by atoms with E-state index in [4.69, 9.17) is 5.73 Å². The van der Waals surface area contributed by atoms with E-state index in [2.05, 4.69) is 20.2 Å². The summed E-state index contributed by atoms with van der Waals surface area (Å²) in [6, 6.07) is 10.1. The molecule has 0 saturated heterocycles. The topological polar surface area (TPSA) is 90.3 Å². The van der Waals surface area contributed by atoms with Crippen molar-refractivity contribution in [1.82, 2.24) is 29.5 Å². The van der Waals surface area contributed by atoms with Gasteiger partial charge in [0.05, 0.1) is 5.69 Å². The molecule has 4 aromatic rings. The fourth-order valence-electron chi connectivity index (χ4n) is 3.36. The molecule has 0 saturated carbocycles. The largest absolute Gasteiger partial charge is 0.385 e. The third-order valence-corrected chi connectivity index (χ3v) is 4.81. The number of fused-ring (bicyclic) bond motifs is 1. The van der Waals surface area contributed by atoms with Crippen LogP contribution in [0.4, 0.5) is 23.4 Å². The molecule has 0 spiro atoms. The maximum absolute atomic E-state index is 13.4. The van der Waals surface area contributed by atoms with Crippen LogP contribution in [0.3, 0.4) is 0 Å². The molecule has 7 nitrogen and oxygen atoms in total. The maximum Gasteiger partial charge on any atom is 0.280 e. The van der Waals surface area contributed by atoms with Gasteiger partial charge < -0.3 is 10.7 Å². The van der Waals surface area contributed by atoms with E-state index in [0.717, 1.165) is 4.68 Å². The van der Waals surface area contributed by atoms with Crippen LogP contribution < -0.4 is 5.73 Å². The first kappa shape index (κ1) is 21.3. The standard InChI is InChI=1S/C21H19F4N7/c1-11-9-15(20(24)25)32(29-11)17-10-16(26)28-21-14(7-8-27-17)18(30-31(21)2)12-3-5-13(6-4-12)19(22)23/h3-10,19-20,28H,26H2,1-2H3. The van der Waals surface area contributed by atoms with Gasteiger partial charge in [-0.05, 0) is 19.1 Å². The number of alkyl halides is 4. The highest BCUT2D eigenvalue weighted by atomic mass is 19.3. The van der Waals surface area contributed by atoms with E-state index < -0.39 is 12.9 Å². The zero-order valence-corrected chi connectivity index (χ0v) is 17.1. The number of nitrogen functional groups attached to an aromatic ring is 1. The summed E-state index contributed by atoms with van der Waals surface area (Å²) in [6.45, 7) is 1.60.